The summed E-state index contributed by atoms with van der Waals surface area (Å²) in [5, 5.41) is 10.6. The van der Waals surface area contributed by atoms with Crippen LogP contribution in [0, 0.1) is 17.3 Å². The predicted octanol–water partition coefficient (Wildman–Crippen LogP) is 3.94. The molecule has 0 aromatic heterocycles. The van der Waals surface area contributed by atoms with Gasteiger partial charge in [0.25, 0.3) is 0 Å². The highest BCUT2D eigenvalue weighted by Gasteiger charge is 2.46. The summed E-state index contributed by atoms with van der Waals surface area (Å²) in [5.74, 6) is 0.662. The van der Waals surface area contributed by atoms with Crippen LogP contribution in [0.3, 0.4) is 0 Å². The molecule has 1 nitrogen and oxygen atoms in total. The van der Waals surface area contributed by atoms with Gasteiger partial charge in [-0.25, -0.2) is 0 Å². The van der Waals surface area contributed by atoms with Crippen LogP contribution in [0.5, 0.6) is 0 Å². The quantitative estimate of drug-likeness (QED) is 0.717. The van der Waals surface area contributed by atoms with Gasteiger partial charge < -0.3 is 5.11 Å². The van der Waals surface area contributed by atoms with Gasteiger partial charge in [-0.05, 0) is 43.4 Å². The minimum atomic E-state index is -0.522. The van der Waals surface area contributed by atoms with Crippen LogP contribution in [0.1, 0.15) is 47.0 Å². The molecule has 0 saturated heterocycles. The molecule has 1 aliphatic carbocycles. The normalized spacial score (nSPS) is 39.8. The van der Waals surface area contributed by atoms with Crippen molar-refractivity contribution in [2.24, 2.45) is 17.3 Å². The van der Waals surface area contributed by atoms with E-state index in [0.717, 1.165) is 19.3 Å². The molecule has 1 saturated carbocycles. The molecule has 0 heterocycles. The molecule has 0 aliphatic heterocycles. The van der Waals surface area contributed by atoms with Gasteiger partial charge >= 0.3 is 0 Å². The Morgan fingerprint density at radius 1 is 1.44 bits per heavy atom. The van der Waals surface area contributed by atoms with Crippen molar-refractivity contribution >= 4 is 0 Å². The summed E-state index contributed by atoms with van der Waals surface area (Å²) in [7, 11) is 0. The lowest BCUT2D eigenvalue weighted by atomic mass is 9.59. The third-order valence-electron chi connectivity index (χ3n) is 4.59. The molecule has 1 fully saturated rings. The average molecular weight is 222 g/mol. The van der Waals surface area contributed by atoms with Crippen LogP contribution in [-0.2, 0) is 0 Å². The number of allylic oxidation sites excluding steroid dienone is 2. The maximum Gasteiger partial charge on any atom is 0.0676 e. The Bertz CT molecular complexity index is 292. The molecule has 1 rings (SSSR count). The molecule has 1 aliphatic rings. The lowest BCUT2D eigenvalue weighted by Gasteiger charge is -2.49. The second kappa shape index (κ2) is 4.37. The van der Waals surface area contributed by atoms with Crippen LogP contribution in [0.4, 0.5) is 0 Å². The fourth-order valence-corrected chi connectivity index (χ4v) is 2.85. The fourth-order valence-electron chi connectivity index (χ4n) is 2.85. The van der Waals surface area contributed by atoms with Gasteiger partial charge in [-0.15, -0.1) is 6.58 Å². The minimum absolute atomic E-state index is 0.104. The van der Waals surface area contributed by atoms with Crippen molar-refractivity contribution in [2.75, 3.05) is 0 Å². The molecule has 1 N–H and O–H groups in total. The van der Waals surface area contributed by atoms with Gasteiger partial charge in [0, 0.05) is 0 Å². The van der Waals surface area contributed by atoms with Gasteiger partial charge in [0.2, 0.25) is 0 Å². The van der Waals surface area contributed by atoms with Crippen LogP contribution in [-0.4, -0.2) is 10.7 Å². The van der Waals surface area contributed by atoms with Crippen molar-refractivity contribution < 1.29 is 5.11 Å². The molecular weight excluding hydrogens is 196 g/mol. The molecule has 0 aromatic carbocycles. The standard InChI is InChI=1S/C15H26O/c1-7-14(6)8-9-15(16,12(4)5)10-13(14)11(2)3/h7,12-13,16H,1-2,8-10H2,3-6H3/t13-,14+,15-/m1/s1. The Labute approximate surface area is 100 Å². The molecule has 0 amide bonds. The molecule has 0 radical (unpaired) electrons. The lowest BCUT2D eigenvalue weighted by Crippen LogP contribution is -2.46. The van der Waals surface area contributed by atoms with Gasteiger partial charge in [-0.1, -0.05) is 39.0 Å². The van der Waals surface area contributed by atoms with Crippen LogP contribution < -0.4 is 0 Å². The van der Waals surface area contributed by atoms with Crippen LogP contribution in [0.25, 0.3) is 0 Å². The predicted molar refractivity (Wildman–Crippen MR) is 70.2 cm³/mol. The van der Waals surface area contributed by atoms with Crippen LogP contribution in [0.2, 0.25) is 0 Å². The Morgan fingerprint density at radius 2 is 2.00 bits per heavy atom. The molecule has 92 valence electrons. The van der Waals surface area contributed by atoms with E-state index in [4.69, 9.17) is 0 Å². The maximum absolute atomic E-state index is 10.6. The summed E-state index contributed by atoms with van der Waals surface area (Å²) in [5.41, 5.74) is 0.750. The van der Waals surface area contributed by atoms with E-state index in [0.29, 0.717) is 11.8 Å². The Morgan fingerprint density at radius 3 is 2.38 bits per heavy atom. The monoisotopic (exact) mass is 222 g/mol. The molecule has 0 aromatic rings. The summed E-state index contributed by atoms with van der Waals surface area (Å²) in [6.45, 7) is 16.6. The van der Waals surface area contributed by atoms with Crippen molar-refractivity contribution in [1.82, 2.24) is 0 Å². The first-order valence-electron chi connectivity index (χ1n) is 6.26. The molecule has 16 heavy (non-hydrogen) atoms. The van der Waals surface area contributed by atoms with Crippen molar-refractivity contribution in [3.63, 3.8) is 0 Å². The van der Waals surface area contributed by atoms with Crippen molar-refractivity contribution in [3.8, 4) is 0 Å². The number of hydrogen-bond donors (Lipinski definition) is 1. The molecule has 1 heteroatoms. The summed E-state index contributed by atoms with van der Waals surface area (Å²) >= 11 is 0. The van der Waals surface area contributed by atoms with E-state index < -0.39 is 5.60 Å². The number of aliphatic hydroxyl groups is 1. The highest BCUT2D eigenvalue weighted by Crippen LogP contribution is 2.50. The van der Waals surface area contributed by atoms with Crippen molar-refractivity contribution in [1.29, 1.82) is 0 Å². The SMILES string of the molecule is C=C[C@@]1(C)CC[C@](O)(C(C)C)C[C@@H]1C(=C)C. The third kappa shape index (κ3) is 2.24. The van der Waals surface area contributed by atoms with Crippen molar-refractivity contribution in [2.45, 2.75) is 52.6 Å². The molecule has 3 atom stereocenters. The Balaban J connectivity index is 2.98. The van der Waals surface area contributed by atoms with Crippen LogP contribution in [0.15, 0.2) is 24.8 Å². The first-order valence-corrected chi connectivity index (χ1v) is 6.26. The van der Waals surface area contributed by atoms with E-state index in [2.05, 4.69) is 40.9 Å². The van der Waals surface area contributed by atoms with Gasteiger partial charge in [-0.2, -0.15) is 0 Å². The summed E-state index contributed by atoms with van der Waals surface area (Å²) in [6.07, 6.45) is 4.74. The zero-order valence-corrected chi connectivity index (χ0v) is 11.2. The number of hydrogen-bond acceptors (Lipinski definition) is 1. The van der Waals surface area contributed by atoms with Gasteiger partial charge in [0.1, 0.15) is 0 Å². The van der Waals surface area contributed by atoms with E-state index in [9.17, 15) is 5.11 Å². The fraction of sp³-hybridized carbons (Fsp3) is 0.733. The molecule has 0 spiro atoms. The zero-order chi connectivity index (χ0) is 12.6. The van der Waals surface area contributed by atoms with E-state index in [-0.39, 0.29) is 5.41 Å². The lowest BCUT2D eigenvalue weighted by molar-refractivity contribution is -0.0742. The summed E-state index contributed by atoms with van der Waals surface area (Å²) in [6, 6.07) is 0. The van der Waals surface area contributed by atoms with Gasteiger partial charge in [0.15, 0.2) is 0 Å². The average Bonchev–Trinajstić information content (AvgIpc) is 2.21. The maximum atomic E-state index is 10.6. The first kappa shape index (κ1) is 13.5. The second-order valence-electron chi connectivity index (χ2n) is 6.07. The largest absolute Gasteiger partial charge is 0.390 e. The highest BCUT2D eigenvalue weighted by molar-refractivity contribution is 5.14. The van der Waals surface area contributed by atoms with Crippen LogP contribution >= 0.6 is 0 Å². The highest BCUT2D eigenvalue weighted by atomic mass is 16.3. The van der Waals surface area contributed by atoms with E-state index in [1.54, 1.807) is 0 Å². The third-order valence-corrected chi connectivity index (χ3v) is 4.59. The smallest absolute Gasteiger partial charge is 0.0676 e. The summed E-state index contributed by atoms with van der Waals surface area (Å²) in [4.78, 5) is 0. The van der Waals surface area contributed by atoms with Gasteiger partial charge in [0.05, 0.1) is 5.60 Å². The topological polar surface area (TPSA) is 20.2 Å². The zero-order valence-electron chi connectivity index (χ0n) is 11.2. The molecule has 0 unspecified atom stereocenters. The number of rotatable bonds is 3. The second-order valence-corrected chi connectivity index (χ2v) is 6.07. The molecular formula is C15H26O. The van der Waals surface area contributed by atoms with E-state index in [1.165, 1.54) is 5.57 Å². The first-order chi connectivity index (χ1) is 7.25. The molecule has 0 bridgehead atoms. The minimum Gasteiger partial charge on any atom is -0.390 e. The Hall–Kier alpha value is -0.560. The summed E-state index contributed by atoms with van der Waals surface area (Å²) < 4.78 is 0. The van der Waals surface area contributed by atoms with E-state index in [1.807, 2.05) is 6.08 Å². The van der Waals surface area contributed by atoms with Gasteiger partial charge in [-0.3, -0.25) is 0 Å². The van der Waals surface area contributed by atoms with Crippen molar-refractivity contribution in [3.05, 3.63) is 24.8 Å². The Kier molecular flexibility index (Phi) is 3.69. The van der Waals surface area contributed by atoms with E-state index >= 15 is 0 Å².